The van der Waals surface area contributed by atoms with Crippen LogP contribution in [0, 0.1) is 24.0 Å². The Morgan fingerprint density at radius 2 is 1.87 bits per heavy atom. The van der Waals surface area contributed by atoms with Crippen molar-refractivity contribution in [1.29, 1.82) is 0 Å². The number of halogens is 1. The fourth-order valence-electron chi connectivity index (χ4n) is 2.75. The van der Waals surface area contributed by atoms with Gasteiger partial charge in [-0.1, -0.05) is 11.6 Å². The molecule has 0 radical (unpaired) electrons. The van der Waals surface area contributed by atoms with Gasteiger partial charge in [-0.15, -0.1) is 0 Å². The standard InChI is InChI=1S/C20H17ClN4O5/c1-12-9-13(2)24(23-12)15-5-3-14(4-6-15)20(27)30-11-19(26)22-18-10-16(25(28)29)7-8-17(18)21/h3-10H,11H2,1-2H3,(H,22,26). The first-order chi connectivity index (χ1) is 14.2. The van der Waals surface area contributed by atoms with Gasteiger partial charge in [-0.05, 0) is 50.2 Å². The van der Waals surface area contributed by atoms with Crippen LogP contribution in [0.1, 0.15) is 21.7 Å². The topological polar surface area (TPSA) is 116 Å². The summed E-state index contributed by atoms with van der Waals surface area (Å²) < 4.78 is 6.75. The lowest BCUT2D eigenvalue weighted by molar-refractivity contribution is -0.384. The predicted octanol–water partition coefficient (Wildman–Crippen LogP) is 3.85. The lowest BCUT2D eigenvalue weighted by Gasteiger charge is -2.09. The summed E-state index contributed by atoms with van der Waals surface area (Å²) in [7, 11) is 0. The van der Waals surface area contributed by atoms with Crippen molar-refractivity contribution in [1.82, 2.24) is 9.78 Å². The molecule has 0 aliphatic carbocycles. The highest BCUT2D eigenvalue weighted by Crippen LogP contribution is 2.26. The normalized spacial score (nSPS) is 10.5. The number of nitrogens with zero attached hydrogens (tertiary/aromatic N) is 3. The second-order valence-electron chi connectivity index (χ2n) is 6.43. The maximum atomic E-state index is 12.2. The van der Waals surface area contributed by atoms with Gasteiger partial charge in [0.05, 0.1) is 32.6 Å². The Morgan fingerprint density at radius 1 is 1.17 bits per heavy atom. The fourth-order valence-corrected chi connectivity index (χ4v) is 2.92. The van der Waals surface area contributed by atoms with Crippen LogP contribution in [0.25, 0.3) is 5.69 Å². The Hall–Kier alpha value is -3.72. The first-order valence-corrected chi connectivity index (χ1v) is 9.17. The fraction of sp³-hybridized carbons (Fsp3) is 0.150. The van der Waals surface area contributed by atoms with Crippen LogP contribution >= 0.6 is 11.6 Å². The summed E-state index contributed by atoms with van der Waals surface area (Å²) in [5.74, 6) is -1.36. The van der Waals surface area contributed by atoms with Crippen LogP contribution in [0.15, 0.2) is 48.5 Å². The van der Waals surface area contributed by atoms with Crippen LogP contribution in [0.2, 0.25) is 5.02 Å². The summed E-state index contributed by atoms with van der Waals surface area (Å²) >= 11 is 5.93. The second-order valence-corrected chi connectivity index (χ2v) is 6.84. The Morgan fingerprint density at radius 3 is 2.47 bits per heavy atom. The number of non-ortho nitro benzene ring substituents is 1. The van der Waals surface area contributed by atoms with Crippen molar-refractivity contribution in [3.63, 3.8) is 0 Å². The molecule has 0 aliphatic heterocycles. The van der Waals surface area contributed by atoms with Gasteiger partial charge in [0, 0.05) is 17.8 Å². The lowest BCUT2D eigenvalue weighted by Crippen LogP contribution is -2.21. The monoisotopic (exact) mass is 428 g/mol. The summed E-state index contributed by atoms with van der Waals surface area (Å²) in [6.07, 6.45) is 0. The van der Waals surface area contributed by atoms with E-state index in [-0.39, 0.29) is 22.0 Å². The van der Waals surface area contributed by atoms with Gasteiger partial charge in [0.2, 0.25) is 0 Å². The minimum Gasteiger partial charge on any atom is -0.452 e. The van der Waals surface area contributed by atoms with Crippen molar-refractivity contribution >= 4 is 34.9 Å². The Kier molecular flexibility index (Phi) is 6.12. The SMILES string of the molecule is Cc1cc(C)n(-c2ccc(C(=O)OCC(=O)Nc3cc([N+](=O)[O-])ccc3Cl)cc2)n1. The molecule has 0 bridgehead atoms. The number of aromatic nitrogens is 2. The predicted molar refractivity (Wildman–Crippen MR) is 110 cm³/mol. The number of carbonyl (C=O) groups is 2. The maximum Gasteiger partial charge on any atom is 0.338 e. The third kappa shape index (κ3) is 4.81. The molecule has 10 heteroatoms. The number of benzene rings is 2. The molecular weight excluding hydrogens is 412 g/mol. The molecule has 1 aromatic heterocycles. The van der Waals surface area contributed by atoms with E-state index < -0.39 is 23.4 Å². The van der Waals surface area contributed by atoms with Crippen LogP contribution in [-0.4, -0.2) is 33.2 Å². The van der Waals surface area contributed by atoms with Gasteiger partial charge >= 0.3 is 5.97 Å². The molecule has 3 aromatic rings. The molecule has 0 spiro atoms. The molecule has 0 unspecified atom stereocenters. The lowest BCUT2D eigenvalue weighted by atomic mass is 10.2. The van der Waals surface area contributed by atoms with Crippen LogP contribution in [-0.2, 0) is 9.53 Å². The molecule has 1 amide bonds. The van der Waals surface area contributed by atoms with Crippen LogP contribution in [0.5, 0.6) is 0 Å². The Balaban J connectivity index is 1.60. The number of carbonyl (C=O) groups excluding carboxylic acids is 2. The van der Waals surface area contributed by atoms with E-state index in [4.69, 9.17) is 16.3 Å². The number of esters is 1. The highest BCUT2D eigenvalue weighted by molar-refractivity contribution is 6.33. The number of nitrogens with one attached hydrogen (secondary N) is 1. The molecule has 3 rings (SSSR count). The van der Waals surface area contributed by atoms with E-state index in [0.29, 0.717) is 0 Å². The molecule has 30 heavy (non-hydrogen) atoms. The third-order valence-corrected chi connectivity index (χ3v) is 4.46. The second kappa shape index (κ2) is 8.75. The number of aryl methyl sites for hydroxylation is 2. The number of amides is 1. The number of ether oxygens (including phenoxy) is 1. The van der Waals surface area contributed by atoms with Gasteiger partial charge in [0.25, 0.3) is 11.6 Å². The summed E-state index contributed by atoms with van der Waals surface area (Å²) in [5.41, 5.74) is 2.72. The number of hydrogen-bond donors (Lipinski definition) is 1. The molecule has 0 atom stereocenters. The van der Waals surface area contributed by atoms with Crippen LogP contribution in [0.4, 0.5) is 11.4 Å². The molecule has 154 valence electrons. The van der Waals surface area contributed by atoms with Crippen LogP contribution in [0.3, 0.4) is 0 Å². The third-order valence-electron chi connectivity index (χ3n) is 4.13. The molecular formula is C20H17ClN4O5. The van der Waals surface area contributed by atoms with Crippen molar-refractivity contribution in [2.24, 2.45) is 0 Å². The quantitative estimate of drug-likeness (QED) is 0.362. The minimum absolute atomic E-state index is 0.0566. The number of nitro benzene ring substituents is 1. The zero-order chi connectivity index (χ0) is 21.8. The van der Waals surface area contributed by atoms with E-state index in [1.165, 1.54) is 12.1 Å². The minimum atomic E-state index is -0.685. The van der Waals surface area contributed by atoms with Crippen molar-refractivity contribution in [3.05, 3.63) is 80.6 Å². The molecule has 0 saturated carbocycles. The average Bonchev–Trinajstić information content (AvgIpc) is 3.05. The van der Waals surface area contributed by atoms with Gasteiger partial charge in [-0.3, -0.25) is 14.9 Å². The number of anilines is 1. The molecule has 9 nitrogen and oxygen atoms in total. The number of rotatable bonds is 6. The highest BCUT2D eigenvalue weighted by atomic mass is 35.5. The Labute approximate surface area is 176 Å². The van der Waals surface area contributed by atoms with Crippen molar-refractivity contribution in [2.75, 3.05) is 11.9 Å². The molecule has 0 saturated heterocycles. The van der Waals surface area contributed by atoms with Gasteiger partial charge in [-0.2, -0.15) is 5.10 Å². The van der Waals surface area contributed by atoms with E-state index in [0.717, 1.165) is 23.1 Å². The molecule has 1 N–H and O–H groups in total. The summed E-state index contributed by atoms with van der Waals surface area (Å²) in [4.78, 5) is 34.4. The summed E-state index contributed by atoms with van der Waals surface area (Å²) in [6, 6.07) is 12.2. The van der Waals surface area contributed by atoms with E-state index >= 15 is 0 Å². The van der Waals surface area contributed by atoms with E-state index in [1.54, 1.807) is 28.9 Å². The van der Waals surface area contributed by atoms with Gasteiger partial charge in [0.1, 0.15) is 0 Å². The summed E-state index contributed by atoms with van der Waals surface area (Å²) in [6.45, 7) is 3.24. The zero-order valence-electron chi connectivity index (χ0n) is 16.1. The van der Waals surface area contributed by atoms with E-state index in [2.05, 4.69) is 10.4 Å². The number of nitro groups is 1. The largest absolute Gasteiger partial charge is 0.452 e. The summed E-state index contributed by atoms with van der Waals surface area (Å²) in [5, 5.41) is 17.7. The average molecular weight is 429 g/mol. The Bertz CT molecular complexity index is 1120. The van der Waals surface area contributed by atoms with E-state index in [1.807, 2.05) is 19.9 Å². The van der Waals surface area contributed by atoms with Crippen LogP contribution < -0.4 is 5.32 Å². The molecule has 2 aromatic carbocycles. The zero-order valence-corrected chi connectivity index (χ0v) is 16.8. The van der Waals surface area contributed by atoms with Crippen molar-refractivity contribution in [3.8, 4) is 5.69 Å². The van der Waals surface area contributed by atoms with E-state index in [9.17, 15) is 19.7 Å². The van der Waals surface area contributed by atoms with Crippen molar-refractivity contribution in [2.45, 2.75) is 13.8 Å². The molecule has 1 heterocycles. The van der Waals surface area contributed by atoms with Crippen molar-refractivity contribution < 1.29 is 19.2 Å². The first-order valence-electron chi connectivity index (χ1n) is 8.79. The van der Waals surface area contributed by atoms with Gasteiger partial charge in [-0.25, -0.2) is 9.48 Å². The smallest absolute Gasteiger partial charge is 0.338 e. The molecule has 0 fully saturated rings. The highest BCUT2D eigenvalue weighted by Gasteiger charge is 2.15. The maximum absolute atomic E-state index is 12.2. The first kappa shape index (κ1) is 21.0. The molecule has 0 aliphatic rings. The van der Waals surface area contributed by atoms with Gasteiger partial charge < -0.3 is 10.1 Å². The van der Waals surface area contributed by atoms with Gasteiger partial charge in [0.15, 0.2) is 6.61 Å². The number of hydrogen-bond acceptors (Lipinski definition) is 6.